The average Bonchev–Trinajstić information content (AvgIpc) is 3.50. The van der Waals surface area contributed by atoms with Gasteiger partial charge in [0.15, 0.2) is 5.78 Å². The van der Waals surface area contributed by atoms with E-state index >= 15 is 0 Å². The van der Waals surface area contributed by atoms with Crippen molar-refractivity contribution < 1.29 is 24.2 Å². The van der Waals surface area contributed by atoms with Gasteiger partial charge in [0.1, 0.15) is 18.9 Å². The normalized spacial score (nSPS) is 40.8. The number of aromatic nitrogens is 2. The predicted octanol–water partition coefficient (Wildman–Crippen LogP) is 3.47. The van der Waals surface area contributed by atoms with Gasteiger partial charge in [-0.3, -0.25) is 23.9 Å². The SMILES string of the molecule is Cc1cn([C@H]2C[C@H](N=[N+]=[N-])[C@@H](COC(=O)C3CCC4C5CCC6=CC(=O)CC[C@]6(C)C5C(O)C[C@]34C)O2)c(=O)[nH]c1=O. The van der Waals surface area contributed by atoms with Gasteiger partial charge < -0.3 is 14.6 Å². The Balaban J connectivity index is 1.16. The first kappa shape index (κ1) is 28.9. The minimum atomic E-state index is -0.784. The number of rotatable bonds is 5. The van der Waals surface area contributed by atoms with Crippen LogP contribution >= 0.6 is 0 Å². The summed E-state index contributed by atoms with van der Waals surface area (Å²) in [6.45, 7) is 5.77. The second-order valence-corrected chi connectivity index (χ2v) is 13.5. The molecule has 0 bridgehead atoms. The molecule has 5 unspecified atom stereocenters. The summed E-state index contributed by atoms with van der Waals surface area (Å²) in [7, 11) is 0. The minimum absolute atomic E-state index is 0.0758. The van der Waals surface area contributed by atoms with Crippen molar-refractivity contribution in [3.8, 4) is 0 Å². The lowest BCUT2D eigenvalue weighted by Gasteiger charge is -2.59. The molecule has 6 rings (SSSR count). The van der Waals surface area contributed by atoms with Crippen molar-refractivity contribution in [2.24, 2.45) is 39.6 Å². The van der Waals surface area contributed by atoms with Gasteiger partial charge in [0.25, 0.3) is 5.56 Å². The molecule has 1 saturated heterocycles. The van der Waals surface area contributed by atoms with Crippen molar-refractivity contribution in [1.29, 1.82) is 0 Å². The number of esters is 1. The first-order valence-corrected chi connectivity index (χ1v) is 15.1. The number of fused-ring (bicyclic) bond motifs is 5. The van der Waals surface area contributed by atoms with Gasteiger partial charge in [0, 0.05) is 29.5 Å². The topological polar surface area (TPSA) is 176 Å². The smallest absolute Gasteiger partial charge is 0.330 e. The van der Waals surface area contributed by atoms with Gasteiger partial charge in [-0.15, -0.1) is 0 Å². The second-order valence-electron chi connectivity index (χ2n) is 13.5. The van der Waals surface area contributed by atoms with Gasteiger partial charge in [0.05, 0.1) is 18.1 Å². The number of carbonyl (C=O) groups is 2. The zero-order valence-electron chi connectivity index (χ0n) is 24.3. The molecule has 5 aliphatic rings. The van der Waals surface area contributed by atoms with Crippen LogP contribution in [0.2, 0.25) is 0 Å². The number of allylic oxidation sites excluding steroid dienone is 1. The van der Waals surface area contributed by atoms with Crippen molar-refractivity contribution in [3.63, 3.8) is 0 Å². The van der Waals surface area contributed by atoms with E-state index in [9.17, 15) is 24.3 Å². The van der Waals surface area contributed by atoms with E-state index in [1.165, 1.54) is 16.3 Å². The van der Waals surface area contributed by atoms with E-state index in [-0.39, 0.29) is 53.9 Å². The third-order valence-corrected chi connectivity index (χ3v) is 11.4. The molecule has 42 heavy (non-hydrogen) atoms. The number of ketones is 1. The van der Waals surface area contributed by atoms with Crippen LogP contribution in [0.1, 0.15) is 77.0 Å². The van der Waals surface area contributed by atoms with Crippen molar-refractivity contribution in [3.05, 3.63) is 54.7 Å². The quantitative estimate of drug-likeness (QED) is 0.231. The predicted molar refractivity (Wildman–Crippen MR) is 150 cm³/mol. The highest BCUT2D eigenvalue weighted by Crippen LogP contribution is 2.66. The zero-order chi connectivity index (χ0) is 30.0. The van der Waals surface area contributed by atoms with Crippen molar-refractivity contribution in [1.82, 2.24) is 9.55 Å². The van der Waals surface area contributed by atoms with E-state index in [1.54, 1.807) is 6.92 Å². The van der Waals surface area contributed by atoms with E-state index in [2.05, 4.69) is 28.9 Å². The maximum atomic E-state index is 13.6. The molecule has 0 aromatic carbocycles. The number of aliphatic hydroxyl groups is 1. The third-order valence-electron chi connectivity index (χ3n) is 11.4. The van der Waals surface area contributed by atoms with Crippen molar-refractivity contribution in [2.45, 2.75) is 96.6 Å². The molecule has 0 amide bonds. The van der Waals surface area contributed by atoms with Crippen molar-refractivity contribution >= 4 is 11.8 Å². The van der Waals surface area contributed by atoms with Crippen LogP contribution in [0.5, 0.6) is 0 Å². The monoisotopic (exact) mass is 581 g/mol. The summed E-state index contributed by atoms with van der Waals surface area (Å²) in [5, 5.41) is 15.4. The molecule has 2 heterocycles. The molecule has 4 fully saturated rings. The first-order chi connectivity index (χ1) is 20.0. The maximum absolute atomic E-state index is 13.6. The number of aliphatic hydroxyl groups excluding tert-OH is 1. The van der Waals surface area contributed by atoms with Gasteiger partial charge in [-0.2, -0.15) is 0 Å². The Kier molecular flexibility index (Phi) is 7.22. The molecule has 226 valence electrons. The average molecular weight is 582 g/mol. The summed E-state index contributed by atoms with van der Waals surface area (Å²) in [4.78, 5) is 55.1. The number of hydrogen-bond acceptors (Lipinski definition) is 8. The highest BCUT2D eigenvalue weighted by atomic mass is 16.6. The van der Waals surface area contributed by atoms with Gasteiger partial charge in [-0.25, -0.2) is 4.79 Å². The van der Waals surface area contributed by atoms with Crippen LogP contribution in [-0.4, -0.2) is 51.3 Å². The van der Waals surface area contributed by atoms with Crippen LogP contribution in [0.15, 0.2) is 32.5 Å². The van der Waals surface area contributed by atoms with E-state index in [1.807, 2.05) is 6.08 Å². The van der Waals surface area contributed by atoms with Crippen molar-refractivity contribution in [2.75, 3.05) is 6.61 Å². The molecule has 12 nitrogen and oxygen atoms in total. The zero-order valence-corrected chi connectivity index (χ0v) is 24.3. The number of carbonyl (C=O) groups excluding carboxylic acids is 2. The Bertz CT molecular complexity index is 1490. The summed E-state index contributed by atoms with van der Waals surface area (Å²) in [5.41, 5.74) is 8.91. The van der Waals surface area contributed by atoms with E-state index in [0.717, 1.165) is 25.7 Å². The molecule has 1 aliphatic heterocycles. The Morgan fingerprint density at radius 3 is 2.81 bits per heavy atom. The molecule has 1 aromatic rings. The third kappa shape index (κ3) is 4.55. The highest BCUT2D eigenvalue weighted by molar-refractivity contribution is 5.91. The van der Waals surface area contributed by atoms with Crippen LogP contribution in [0.4, 0.5) is 0 Å². The summed E-state index contributed by atoms with van der Waals surface area (Å²) < 4.78 is 13.1. The van der Waals surface area contributed by atoms with Crippen LogP contribution < -0.4 is 11.2 Å². The molecule has 2 N–H and O–H groups in total. The van der Waals surface area contributed by atoms with Crippen LogP contribution in [0.3, 0.4) is 0 Å². The van der Waals surface area contributed by atoms with Gasteiger partial charge >= 0.3 is 11.7 Å². The number of hydrogen-bond donors (Lipinski definition) is 2. The summed E-state index contributed by atoms with van der Waals surface area (Å²) in [6, 6.07) is -0.663. The number of azide groups is 1. The molecule has 1 aromatic heterocycles. The number of aromatic amines is 1. The maximum Gasteiger partial charge on any atom is 0.330 e. The molecular weight excluding hydrogens is 542 g/mol. The standard InChI is InChI=1S/C30H39N5O7/c1-15-13-35(28(40)32-26(15)38)24-11-21(33-34-31)23(42-24)14-41-27(39)20-7-6-19-18-5-4-16-10-17(36)8-9-29(16,2)25(18)22(37)12-30(19,20)3/h10,13,18-25,37H,4-9,11-12,14H2,1-3H3,(H,32,38,40)/t18?,19?,20?,21-,22?,23+,24+,25?,29-,30-/m0/s1. The van der Waals surface area contributed by atoms with E-state index < -0.39 is 41.1 Å². The summed E-state index contributed by atoms with van der Waals surface area (Å²) in [5.74, 6) is 0.0838. The lowest BCUT2D eigenvalue weighted by atomic mass is 9.46. The van der Waals surface area contributed by atoms with E-state index in [4.69, 9.17) is 15.0 Å². The lowest BCUT2D eigenvalue weighted by Crippen LogP contribution is -2.57. The van der Waals surface area contributed by atoms with Crippen LogP contribution in [-0.2, 0) is 19.1 Å². The molecule has 10 atom stereocenters. The molecule has 4 aliphatic carbocycles. The number of aryl methyl sites for hydroxylation is 1. The fraction of sp³-hybridized carbons (Fsp3) is 0.733. The minimum Gasteiger partial charge on any atom is -0.463 e. The number of H-pyrrole nitrogens is 1. The van der Waals surface area contributed by atoms with Gasteiger partial charge in [-0.1, -0.05) is 24.5 Å². The first-order valence-electron chi connectivity index (χ1n) is 15.1. The Morgan fingerprint density at radius 1 is 1.26 bits per heavy atom. The number of nitrogens with one attached hydrogen (secondary N) is 1. The molecule has 12 heteroatoms. The Morgan fingerprint density at radius 2 is 2.05 bits per heavy atom. The lowest BCUT2D eigenvalue weighted by molar-refractivity contribution is -0.167. The van der Waals surface area contributed by atoms with Crippen LogP contribution in [0.25, 0.3) is 10.4 Å². The highest BCUT2D eigenvalue weighted by Gasteiger charge is 2.63. The van der Waals surface area contributed by atoms with Gasteiger partial charge in [-0.05, 0) is 85.6 Å². The molecule has 3 saturated carbocycles. The number of nitrogens with zero attached hydrogens (tertiary/aromatic N) is 4. The Labute approximate surface area is 243 Å². The second kappa shape index (κ2) is 10.5. The largest absolute Gasteiger partial charge is 0.463 e. The molecule has 0 radical (unpaired) electrons. The fourth-order valence-corrected chi connectivity index (χ4v) is 9.36. The fourth-order valence-electron chi connectivity index (χ4n) is 9.36. The Hall–Kier alpha value is -3.21. The van der Waals surface area contributed by atoms with Crippen LogP contribution in [0, 0.1) is 41.4 Å². The summed E-state index contributed by atoms with van der Waals surface area (Å²) >= 11 is 0. The molecule has 0 spiro atoms. The van der Waals surface area contributed by atoms with Gasteiger partial charge in [0.2, 0.25) is 0 Å². The van der Waals surface area contributed by atoms with E-state index in [0.29, 0.717) is 24.8 Å². The summed E-state index contributed by atoms with van der Waals surface area (Å²) in [6.07, 6.45) is 6.43. The number of ether oxygens (including phenoxy) is 2. The molecular formula is C30H39N5O7.